The van der Waals surface area contributed by atoms with Gasteiger partial charge in [0, 0.05) is 13.1 Å². The van der Waals surface area contributed by atoms with Crippen LogP contribution < -0.4 is 0 Å². The van der Waals surface area contributed by atoms with E-state index in [1.165, 1.54) is 18.4 Å². The Morgan fingerprint density at radius 2 is 2.17 bits per heavy atom. The minimum Gasteiger partial charge on any atom is -0.450 e. The molecule has 1 aliphatic heterocycles. The lowest BCUT2D eigenvalue weighted by atomic mass is 9.71. The molecule has 0 radical (unpaired) electrons. The lowest BCUT2D eigenvalue weighted by Gasteiger charge is -2.41. The lowest BCUT2D eigenvalue weighted by Crippen LogP contribution is -2.43. The van der Waals surface area contributed by atoms with Gasteiger partial charge in [-0.1, -0.05) is 23.8 Å². The first-order chi connectivity index (χ1) is 8.69. The van der Waals surface area contributed by atoms with Crippen LogP contribution in [-0.2, 0) is 4.74 Å². The highest BCUT2D eigenvalue weighted by Crippen LogP contribution is 2.41. The third-order valence-electron chi connectivity index (χ3n) is 4.22. The molecule has 3 nitrogen and oxygen atoms in total. The molecule has 0 aromatic heterocycles. The third-order valence-corrected chi connectivity index (χ3v) is 4.22. The van der Waals surface area contributed by atoms with Crippen molar-refractivity contribution in [3.05, 3.63) is 23.8 Å². The maximum atomic E-state index is 11.6. The van der Waals surface area contributed by atoms with Crippen LogP contribution in [0.1, 0.15) is 39.5 Å². The molecule has 0 unspecified atom stereocenters. The number of carbonyl (C=O) groups is 1. The van der Waals surface area contributed by atoms with E-state index in [0.29, 0.717) is 12.0 Å². The van der Waals surface area contributed by atoms with Gasteiger partial charge in [0.1, 0.15) is 0 Å². The Balaban J connectivity index is 1.92. The number of carbonyl (C=O) groups excluding carboxylic acids is 1. The molecule has 0 bridgehead atoms. The molecule has 0 saturated carbocycles. The number of rotatable bonds is 1. The predicted molar refractivity (Wildman–Crippen MR) is 72.4 cm³/mol. The topological polar surface area (TPSA) is 29.5 Å². The second-order valence-electron chi connectivity index (χ2n) is 5.25. The maximum absolute atomic E-state index is 11.6. The van der Waals surface area contributed by atoms with E-state index < -0.39 is 0 Å². The van der Waals surface area contributed by atoms with E-state index in [9.17, 15) is 4.79 Å². The van der Waals surface area contributed by atoms with Gasteiger partial charge in [0.05, 0.1) is 6.61 Å². The number of hydrogen-bond donors (Lipinski definition) is 0. The van der Waals surface area contributed by atoms with Crippen LogP contribution in [0.15, 0.2) is 23.8 Å². The Hall–Kier alpha value is -1.25. The van der Waals surface area contributed by atoms with Crippen LogP contribution in [-0.4, -0.2) is 30.7 Å². The van der Waals surface area contributed by atoms with Crippen LogP contribution in [0.3, 0.4) is 0 Å². The lowest BCUT2D eigenvalue weighted by molar-refractivity contribution is 0.0781. The fraction of sp³-hybridized carbons (Fsp3) is 0.667. The molecule has 0 N–H and O–H groups in total. The smallest absolute Gasteiger partial charge is 0.409 e. The molecule has 0 atom stereocenters. The van der Waals surface area contributed by atoms with E-state index >= 15 is 0 Å². The van der Waals surface area contributed by atoms with Crippen LogP contribution in [0.2, 0.25) is 0 Å². The second-order valence-corrected chi connectivity index (χ2v) is 5.25. The summed E-state index contributed by atoms with van der Waals surface area (Å²) in [6.07, 6.45) is 11.2. The van der Waals surface area contributed by atoms with Crippen molar-refractivity contribution in [1.82, 2.24) is 4.90 Å². The number of ether oxygens (including phenoxy) is 1. The van der Waals surface area contributed by atoms with Gasteiger partial charge >= 0.3 is 6.09 Å². The van der Waals surface area contributed by atoms with Gasteiger partial charge in [-0.05, 0) is 44.9 Å². The third kappa shape index (κ3) is 2.77. The predicted octanol–water partition coefficient (Wildman–Crippen LogP) is 3.52. The first kappa shape index (κ1) is 13.2. The summed E-state index contributed by atoms with van der Waals surface area (Å²) >= 11 is 0. The number of piperidine rings is 1. The van der Waals surface area contributed by atoms with Crippen LogP contribution in [0.4, 0.5) is 4.79 Å². The normalized spacial score (nSPS) is 24.6. The Morgan fingerprint density at radius 3 is 2.67 bits per heavy atom. The van der Waals surface area contributed by atoms with Crippen LogP contribution in [0.5, 0.6) is 0 Å². The first-order valence-electron chi connectivity index (χ1n) is 6.95. The van der Waals surface area contributed by atoms with E-state index in [1.54, 1.807) is 0 Å². The summed E-state index contributed by atoms with van der Waals surface area (Å²) in [7, 11) is 0. The summed E-state index contributed by atoms with van der Waals surface area (Å²) in [6, 6.07) is 0. The van der Waals surface area contributed by atoms with E-state index in [0.717, 1.165) is 25.9 Å². The minimum atomic E-state index is -0.152. The first-order valence-corrected chi connectivity index (χ1v) is 6.95. The highest BCUT2D eigenvalue weighted by Gasteiger charge is 2.35. The Kier molecular flexibility index (Phi) is 4.10. The van der Waals surface area contributed by atoms with Crippen molar-refractivity contribution >= 4 is 6.09 Å². The fourth-order valence-electron chi connectivity index (χ4n) is 2.85. The van der Waals surface area contributed by atoms with Crippen molar-refractivity contribution in [3.8, 4) is 0 Å². The van der Waals surface area contributed by atoms with Gasteiger partial charge in [0.15, 0.2) is 0 Å². The van der Waals surface area contributed by atoms with Gasteiger partial charge in [-0.3, -0.25) is 0 Å². The average molecular weight is 249 g/mol. The number of nitrogens with zero attached hydrogens (tertiary/aromatic N) is 1. The molecule has 100 valence electrons. The van der Waals surface area contributed by atoms with Gasteiger partial charge in [0.2, 0.25) is 0 Å². The average Bonchev–Trinajstić information content (AvgIpc) is 2.41. The minimum absolute atomic E-state index is 0.152. The number of hydrogen-bond acceptors (Lipinski definition) is 2. The second kappa shape index (κ2) is 5.59. The molecule has 1 spiro atoms. The maximum Gasteiger partial charge on any atom is 0.409 e. The van der Waals surface area contributed by atoms with Crippen molar-refractivity contribution in [2.24, 2.45) is 5.41 Å². The molecule has 0 aromatic carbocycles. The molecule has 1 amide bonds. The highest BCUT2D eigenvalue weighted by atomic mass is 16.6. The Bertz CT molecular complexity index is 363. The van der Waals surface area contributed by atoms with Crippen LogP contribution in [0, 0.1) is 5.41 Å². The van der Waals surface area contributed by atoms with Crippen molar-refractivity contribution in [1.29, 1.82) is 0 Å². The monoisotopic (exact) mass is 249 g/mol. The van der Waals surface area contributed by atoms with Gasteiger partial charge in [-0.25, -0.2) is 4.79 Å². The van der Waals surface area contributed by atoms with Gasteiger partial charge in [0.25, 0.3) is 0 Å². The van der Waals surface area contributed by atoms with Crippen molar-refractivity contribution in [3.63, 3.8) is 0 Å². The van der Waals surface area contributed by atoms with E-state index in [4.69, 9.17) is 4.74 Å². The largest absolute Gasteiger partial charge is 0.450 e. The van der Waals surface area contributed by atoms with Crippen LogP contribution in [0.25, 0.3) is 0 Å². The van der Waals surface area contributed by atoms with E-state index in [1.807, 2.05) is 11.8 Å². The fourth-order valence-corrected chi connectivity index (χ4v) is 2.85. The molecule has 2 aliphatic rings. The van der Waals surface area contributed by atoms with E-state index in [-0.39, 0.29) is 6.09 Å². The highest BCUT2D eigenvalue weighted by molar-refractivity contribution is 5.67. The number of allylic oxidation sites excluding steroid dienone is 4. The molecule has 1 aliphatic carbocycles. The zero-order valence-electron chi connectivity index (χ0n) is 11.4. The number of likely N-dealkylation sites (tertiary alicyclic amines) is 1. The molecule has 1 heterocycles. The molecule has 0 aromatic rings. The summed E-state index contributed by atoms with van der Waals surface area (Å²) in [4.78, 5) is 13.5. The van der Waals surface area contributed by atoms with Crippen molar-refractivity contribution < 1.29 is 9.53 Å². The number of amides is 1. The summed E-state index contributed by atoms with van der Waals surface area (Å²) in [5.74, 6) is 0. The Morgan fingerprint density at radius 1 is 1.44 bits per heavy atom. The summed E-state index contributed by atoms with van der Waals surface area (Å²) < 4.78 is 5.05. The molecule has 3 heteroatoms. The summed E-state index contributed by atoms with van der Waals surface area (Å²) in [5, 5.41) is 0. The molecular weight excluding hydrogens is 226 g/mol. The zero-order valence-corrected chi connectivity index (χ0v) is 11.4. The summed E-state index contributed by atoms with van der Waals surface area (Å²) in [6.45, 7) is 6.07. The SMILES string of the molecule is C/C=C1\C=CC2(CC1)CCN(C(=O)OCC)CC2. The van der Waals surface area contributed by atoms with E-state index in [2.05, 4.69) is 25.2 Å². The van der Waals surface area contributed by atoms with Crippen LogP contribution >= 0.6 is 0 Å². The Labute approximate surface area is 109 Å². The molecule has 1 saturated heterocycles. The molecule has 2 rings (SSSR count). The van der Waals surface area contributed by atoms with Gasteiger partial charge in [-0.2, -0.15) is 0 Å². The van der Waals surface area contributed by atoms with Gasteiger partial charge in [-0.15, -0.1) is 0 Å². The van der Waals surface area contributed by atoms with Gasteiger partial charge < -0.3 is 9.64 Å². The molecular formula is C15H23NO2. The molecule has 1 fully saturated rings. The summed E-state index contributed by atoms with van der Waals surface area (Å²) in [5.41, 5.74) is 1.77. The standard InChI is InChI=1S/C15H23NO2/c1-3-13-5-7-15(8-6-13)9-11-16(12-10-15)14(17)18-4-2/h3,5,7H,4,6,8-12H2,1-2H3/b13-3+. The van der Waals surface area contributed by atoms with Crippen molar-refractivity contribution in [2.75, 3.05) is 19.7 Å². The van der Waals surface area contributed by atoms with Crippen molar-refractivity contribution in [2.45, 2.75) is 39.5 Å². The quantitative estimate of drug-likeness (QED) is 0.711. The molecule has 18 heavy (non-hydrogen) atoms. The zero-order chi connectivity index (χ0) is 13.0.